The molecule has 216 valence electrons. The number of phenols is 2. The number of hydrogen-bond acceptors (Lipinski definition) is 11. The number of benzene rings is 1. The van der Waals surface area contributed by atoms with Gasteiger partial charge in [-0.3, -0.25) is 14.4 Å². The number of ketones is 2. The van der Waals surface area contributed by atoms with Gasteiger partial charge in [-0.05, 0) is 27.2 Å². The zero-order valence-electron chi connectivity index (χ0n) is 22.2. The summed E-state index contributed by atoms with van der Waals surface area (Å²) in [5.74, 6) is -3.76. The molecule has 0 aromatic heterocycles. The zero-order valence-corrected chi connectivity index (χ0v) is 22.2. The largest absolute Gasteiger partial charge is 0.507 e. The van der Waals surface area contributed by atoms with Crippen molar-refractivity contribution in [2.24, 2.45) is 0 Å². The first-order valence-electron chi connectivity index (χ1n) is 13.5. The Morgan fingerprint density at radius 3 is 2.40 bits per heavy atom. The van der Waals surface area contributed by atoms with E-state index in [2.05, 4.69) is 0 Å². The summed E-state index contributed by atoms with van der Waals surface area (Å²) in [6, 6.07) is 0. The van der Waals surface area contributed by atoms with Crippen LogP contribution < -0.4 is 0 Å². The molecule has 4 unspecified atom stereocenters. The lowest BCUT2D eigenvalue weighted by Crippen LogP contribution is -2.67. The van der Waals surface area contributed by atoms with E-state index in [-0.39, 0.29) is 41.5 Å². The van der Waals surface area contributed by atoms with E-state index in [4.69, 9.17) is 18.9 Å². The normalized spacial score (nSPS) is 38.6. The van der Waals surface area contributed by atoms with E-state index in [1.54, 1.807) is 20.8 Å². The molecule has 0 radical (unpaired) electrons. The highest BCUT2D eigenvalue weighted by molar-refractivity contribution is 6.30. The van der Waals surface area contributed by atoms with Crippen LogP contribution in [-0.4, -0.2) is 91.6 Å². The van der Waals surface area contributed by atoms with Crippen molar-refractivity contribution in [1.29, 1.82) is 0 Å². The second kappa shape index (κ2) is 9.33. The minimum atomic E-state index is -2.07. The van der Waals surface area contributed by atoms with Crippen LogP contribution >= 0.6 is 0 Å². The van der Waals surface area contributed by atoms with Gasteiger partial charge in [0.05, 0.1) is 60.3 Å². The van der Waals surface area contributed by atoms with Crippen LogP contribution in [0.4, 0.5) is 0 Å². The maximum absolute atomic E-state index is 14.1. The van der Waals surface area contributed by atoms with Gasteiger partial charge in [0.15, 0.2) is 17.9 Å². The summed E-state index contributed by atoms with van der Waals surface area (Å²) in [5.41, 5.74) is -3.00. The Morgan fingerprint density at radius 1 is 1.02 bits per heavy atom. The second-order valence-corrected chi connectivity index (χ2v) is 11.4. The molecule has 40 heavy (non-hydrogen) atoms. The molecule has 2 fully saturated rings. The molecule has 0 saturated carbocycles. The predicted octanol–water partition coefficient (Wildman–Crippen LogP) is 1.44. The van der Waals surface area contributed by atoms with Gasteiger partial charge in [0.1, 0.15) is 17.1 Å². The molecule has 2 saturated heterocycles. The molecule has 4 aliphatic heterocycles. The number of carboxylic acid groups (broad SMARTS) is 1. The third kappa shape index (κ3) is 3.77. The predicted molar refractivity (Wildman–Crippen MR) is 133 cm³/mol. The van der Waals surface area contributed by atoms with Gasteiger partial charge in [0.2, 0.25) is 0 Å². The Kier molecular flexibility index (Phi) is 6.37. The van der Waals surface area contributed by atoms with E-state index >= 15 is 0 Å². The monoisotopic (exact) mass is 560 g/mol. The fraction of sp³-hybridized carbons (Fsp3) is 0.607. The van der Waals surface area contributed by atoms with Gasteiger partial charge in [-0.15, -0.1) is 0 Å². The summed E-state index contributed by atoms with van der Waals surface area (Å²) >= 11 is 0. The van der Waals surface area contributed by atoms with Gasteiger partial charge in [0, 0.05) is 41.5 Å². The van der Waals surface area contributed by atoms with Crippen molar-refractivity contribution < 1.29 is 58.9 Å². The summed E-state index contributed by atoms with van der Waals surface area (Å²) < 4.78 is 23.6. The fourth-order valence-corrected chi connectivity index (χ4v) is 7.00. The molecule has 6 aliphatic rings. The van der Waals surface area contributed by atoms with Crippen LogP contribution in [0.25, 0.3) is 0 Å². The molecule has 5 N–H and O–H groups in total. The highest BCUT2D eigenvalue weighted by atomic mass is 16.7. The highest BCUT2D eigenvalue weighted by Crippen LogP contribution is 2.55. The Balaban J connectivity index is 1.43. The van der Waals surface area contributed by atoms with Crippen LogP contribution in [0, 0.1) is 0 Å². The Labute approximate surface area is 229 Å². The number of aromatic hydroxyl groups is 2. The smallest absolute Gasteiger partial charge is 0.305 e. The number of fused-ring (bicyclic) bond motifs is 4. The van der Waals surface area contributed by atoms with Crippen LogP contribution in [-0.2, 0) is 30.2 Å². The van der Waals surface area contributed by atoms with E-state index in [1.165, 1.54) is 0 Å². The van der Waals surface area contributed by atoms with Gasteiger partial charge in [-0.1, -0.05) is 0 Å². The van der Waals surface area contributed by atoms with E-state index in [9.17, 15) is 39.9 Å². The van der Waals surface area contributed by atoms with Crippen LogP contribution in [0.5, 0.6) is 11.5 Å². The minimum Gasteiger partial charge on any atom is -0.507 e. The molecule has 9 atom stereocenters. The van der Waals surface area contributed by atoms with E-state index in [1.807, 2.05) is 0 Å². The molecule has 4 heterocycles. The number of aliphatic carboxylic acids is 1. The maximum atomic E-state index is 14.1. The van der Waals surface area contributed by atoms with Gasteiger partial charge in [-0.2, -0.15) is 0 Å². The number of rotatable bonds is 4. The number of aliphatic hydroxyl groups excluding tert-OH is 1. The third-order valence-corrected chi connectivity index (χ3v) is 8.97. The molecule has 0 spiro atoms. The van der Waals surface area contributed by atoms with Crippen molar-refractivity contribution in [2.45, 2.75) is 107 Å². The summed E-state index contributed by atoms with van der Waals surface area (Å²) in [4.78, 5) is 39.3. The average Bonchev–Trinajstić information content (AvgIpc) is 2.87. The lowest BCUT2D eigenvalue weighted by atomic mass is 9.63. The van der Waals surface area contributed by atoms with Crippen molar-refractivity contribution in [2.75, 3.05) is 0 Å². The van der Waals surface area contributed by atoms with Gasteiger partial charge < -0.3 is 44.5 Å². The quantitative estimate of drug-likeness (QED) is 0.334. The molecular weight excluding hydrogens is 528 g/mol. The van der Waals surface area contributed by atoms with Gasteiger partial charge in [-0.25, -0.2) is 0 Å². The maximum Gasteiger partial charge on any atom is 0.305 e. The van der Waals surface area contributed by atoms with Crippen molar-refractivity contribution in [3.05, 3.63) is 33.4 Å². The number of Topliss-reactive ketones (excluding diaryl/α,β-unsaturated/α-hetero) is 2. The van der Waals surface area contributed by atoms with Crippen LogP contribution in [0.15, 0.2) is 11.1 Å². The van der Waals surface area contributed by atoms with Crippen molar-refractivity contribution >= 4 is 17.5 Å². The first kappa shape index (κ1) is 27.3. The van der Waals surface area contributed by atoms with Gasteiger partial charge in [0.25, 0.3) is 0 Å². The molecule has 1 aromatic rings. The number of carboxylic acids is 1. The number of ether oxygens (including phenoxy) is 4. The standard InChI is InChI=1S/C28H32O12/c1-9-14(29)4-5-18(38-9)40-16-8-15-20-23(28(16,36)11(3)39-15)27(35)22-21(26(20)34)24(32)13-6-12(7-17(30)31)37-10(2)19(13)25(22)33/h9-12,14-16,18,29,32-33,36H,4-8H2,1-3H3,(H,30,31)/t9-,10-,11?,12+,14-,15?,16?,18-,28?/m0/s1. The van der Waals surface area contributed by atoms with Crippen molar-refractivity contribution in [1.82, 2.24) is 0 Å². The average molecular weight is 561 g/mol. The van der Waals surface area contributed by atoms with Crippen LogP contribution in [0.1, 0.15) is 84.4 Å². The molecular formula is C28H32O12. The van der Waals surface area contributed by atoms with E-state index in [0.29, 0.717) is 12.8 Å². The number of carbonyl (C=O) groups excluding carboxylic acids is 2. The fourth-order valence-electron chi connectivity index (χ4n) is 7.00. The molecule has 2 bridgehead atoms. The second-order valence-electron chi connectivity index (χ2n) is 11.4. The molecule has 12 nitrogen and oxygen atoms in total. The molecule has 12 heteroatoms. The van der Waals surface area contributed by atoms with E-state index in [0.717, 1.165) is 0 Å². The summed E-state index contributed by atoms with van der Waals surface area (Å²) in [6.45, 7) is 4.83. The third-order valence-electron chi connectivity index (χ3n) is 8.97. The minimum absolute atomic E-state index is 0.0358. The summed E-state index contributed by atoms with van der Waals surface area (Å²) in [5, 5.41) is 53.9. The first-order valence-corrected chi connectivity index (χ1v) is 13.5. The summed E-state index contributed by atoms with van der Waals surface area (Å²) in [7, 11) is 0. The van der Waals surface area contributed by atoms with E-state index < -0.39 is 94.8 Å². The number of phenolic OH excluding ortho intramolecular Hbond substituents is 2. The Bertz CT molecular complexity index is 1350. The molecule has 7 rings (SSSR count). The number of hydrogen-bond donors (Lipinski definition) is 5. The Hall–Kier alpha value is -2.87. The first-order chi connectivity index (χ1) is 18.8. The van der Waals surface area contributed by atoms with Crippen molar-refractivity contribution in [3.8, 4) is 11.5 Å². The lowest BCUT2D eigenvalue weighted by Gasteiger charge is -2.54. The zero-order chi connectivity index (χ0) is 28.8. The Morgan fingerprint density at radius 2 is 1.73 bits per heavy atom. The molecule has 0 amide bonds. The molecule has 1 aromatic carbocycles. The lowest BCUT2D eigenvalue weighted by molar-refractivity contribution is -0.291. The van der Waals surface area contributed by atoms with Crippen LogP contribution in [0.2, 0.25) is 0 Å². The van der Waals surface area contributed by atoms with Gasteiger partial charge >= 0.3 is 5.97 Å². The highest BCUT2D eigenvalue weighted by Gasteiger charge is 2.63. The van der Waals surface area contributed by atoms with Crippen LogP contribution in [0.3, 0.4) is 0 Å². The number of aliphatic hydroxyl groups is 2. The number of carbonyl (C=O) groups is 3. The van der Waals surface area contributed by atoms with Crippen molar-refractivity contribution in [3.63, 3.8) is 0 Å². The summed E-state index contributed by atoms with van der Waals surface area (Å²) in [6.07, 6.45) is -6.08. The topological polar surface area (TPSA) is 189 Å². The molecule has 2 aliphatic carbocycles. The SMILES string of the molecule is CC1OC2CC(O[C@H]3CC[C@H](O)[C@H](C)O3)C1(O)C1=C2C(=O)c2c(O)c3c(c(O)c2C1=O)[C@H](C)O[C@@H](CC(=O)O)C3.